The van der Waals surface area contributed by atoms with Gasteiger partial charge >= 0.3 is 0 Å². The Labute approximate surface area is 138 Å². The fourth-order valence-corrected chi connectivity index (χ4v) is 4.02. The van der Waals surface area contributed by atoms with E-state index in [1.165, 1.54) is 0 Å². The van der Waals surface area contributed by atoms with Gasteiger partial charge in [-0.2, -0.15) is 5.10 Å². The Morgan fingerprint density at radius 3 is 2.39 bits per heavy atom. The van der Waals surface area contributed by atoms with Crippen LogP contribution in [0.15, 0.2) is 5.10 Å². The molecule has 1 saturated heterocycles. The van der Waals surface area contributed by atoms with E-state index in [1.807, 2.05) is 14.1 Å². The second-order valence-corrected chi connectivity index (χ2v) is 7.50. The van der Waals surface area contributed by atoms with Gasteiger partial charge in [0.2, 0.25) is 11.8 Å². The number of rotatable bonds is 4. The summed E-state index contributed by atoms with van der Waals surface area (Å²) in [5.41, 5.74) is 1.05. The van der Waals surface area contributed by atoms with Crippen LogP contribution in [0.1, 0.15) is 46.0 Å². The number of hydrazone groups is 1. The first-order chi connectivity index (χ1) is 10.8. The topological polar surface area (TPSA) is 82.0 Å². The largest absolute Gasteiger partial charge is 0.392 e. The van der Waals surface area contributed by atoms with Crippen LogP contribution in [0.3, 0.4) is 0 Å². The normalized spacial score (nSPS) is 32.7. The summed E-state index contributed by atoms with van der Waals surface area (Å²) < 4.78 is 0. The average molecular weight is 323 g/mol. The minimum atomic E-state index is -0.553. The van der Waals surface area contributed by atoms with Gasteiger partial charge in [-0.15, -0.1) is 0 Å². The Bertz CT molecular complexity index is 473. The average Bonchev–Trinajstić information content (AvgIpc) is 2.39. The number of nitrogens with zero attached hydrogens (tertiary/aromatic N) is 2. The van der Waals surface area contributed by atoms with Crippen LogP contribution in [-0.2, 0) is 9.59 Å². The summed E-state index contributed by atoms with van der Waals surface area (Å²) in [4.78, 5) is 23.0. The van der Waals surface area contributed by atoms with E-state index in [0.29, 0.717) is 31.1 Å². The number of aliphatic hydroxyl groups is 1. The molecule has 0 aromatic carbocycles. The highest BCUT2D eigenvalue weighted by Gasteiger charge is 2.37. The van der Waals surface area contributed by atoms with Crippen molar-refractivity contribution in [2.24, 2.45) is 28.8 Å². The lowest BCUT2D eigenvalue weighted by molar-refractivity contribution is -0.135. The summed E-state index contributed by atoms with van der Waals surface area (Å²) in [5.74, 6) is 0.367. The lowest BCUT2D eigenvalue weighted by Gasteiger charge is -2.37. The van der Waals surface area contributed by atoms with E-state index in [2.05, 4.69) is 24.3 Å². The van der Waals surface area contributed by atoms with Crippen molar-refractivity contribution in [3.63, 3.8) is 0 Å². The Morgan fingerprint density at radius 2 is 1.83 bits per heavy atom. The monoisotopic (exact) mass is 323 g/mol. The van der Waals surface area contributed by atoms with Crippen LogP contribution in [-0.4, -0.2) is 47.8 Å². The molecular weight excluding hydrogens is 294 g/mol. The first-order valence-electron chi connectivity index (χ1n) is 8.52. The van der Waals surface area contributed by atoms with Crippen molar-refractivity contribution in [2.75, 3.05) is 14.1 Å². The van der Waals surface area contributed by atoms with Gasteiger partial charge in [0.25, 0.3) is 0 Å². The zero-order valence-corrected chi connectivity index (χ0v) is 14.6. The fourth-order valence-electron chi connectivity index (χ4n) is 4.02. The number of hydrogen-bond acceptors (Lipinski definition) is 5. The van der Waals surface area contributed by atoms with Crippen LogP contribution >= 0.6 is 0 Å². The molecule has 2 N–H and O–H groups in total. The highest BCUT2D eigenvalue weighted by atomic mass is 16.3. The molecule has 1 aliphatic carbocycles. The molecule has 130 valence electrons. The Morgan fingerprint density at radius 1 is 1.22 bits per heavy atom. The minimum absolute atomic E-state index is 0.0104. The second kappa shape index (κ2) is 7.43. The Hall–Kier alpha value is -1.43. The van der Waals surface area contributed by atoms with Gasteiger partial charge in [-0.1, -0.05) is 13.8 Å². The van der Waals surface area contributed by atoms with Gasteiger partial charge in [-0.25, -0.2) is 0 Å². The number of carbonyl (C=O) groups excluding carboxylic acids is 2. The maximum atomic E-state index is 11.5. The van der Waals surface area contributed by atoms with Crippen LogP contribution in [0, 0.1) is 23.7 Å². The molecule has 1 aliphatic heterocycles. The van der Waals surface area contributed by atoms with Crippen molar-refractivity contribution >= 4 is 17.5 Å². The summed E-state index contributed by atoms with van der Waals surface area (Å²) in [7, 11) is 3.79. The predicted octanol–water partition coefficient (Wildman–Crippen LogP) is 1.39. The van der Waals surface area contributed by atoms with E-state index in [0.717, 1.165) is 18.6 Å². The third-order valence-corrected chi connectivity index (χ3v) is 4.88. The molecule has 4 atom stereocenters. The number of aliphatic hydroxyl groups excluding tert-OH is 1. The molecule has 0 bridgehead atoms. The molecule has 0 aromatic rings. The van der Waals surface area contributed by atoms with E-state index in [1.54, 1.807) is 5.01 Å². The SMILES string of the molecule is CC1CC(C)/C(=N/N(C)C)C(C(O)CC2CC(=O)NC(=O)C2)C1. The van der Waals surface area contributed by atoms with Crippen LogP contribution in [0.2, 0.25) is 0 Å². The van der Waals surface area contributed by atoms with Gasteiger partial charge in [0, 0.05) is 38.6 Å². The smallest absolute Gasteiger partial charge is 0.226 e. The van der Waals surface area contributed by atoms with Gasteiger partial charge in [0.1, 0.15) is 0 Å². The molecule has 2 rings (SSSR count). The molecule has 0 aromatic heterocycles. The maximum Gasteiger partial charge on any atom is 0.226 e. The van der Waals surface area contributed by atoms with E-state index in [4.69, 9.17) is 0 Å². The van der Waals surface area contributed by atoms with E-state index in [-0.39, 0.29) is 23.7 Å². The molecular formula is C17H29N3O3. The fraction of sp³-hybridized carbons (Fsp3) is 0.824. The standard InChI is InChI=1S/C17H29N3O3/c1-10-5-11(2)17(19-20(3)4)13(6-10)14(21)7-12-8-15(22)18-16(23)9-12/h10-14,21H,5-9H2,1-4H3,(H,18,22,23)/b19-17-. The van der Waals surface area contributed by atoms with Gasteiger partial charge in [0.05, 0.1) is 6.10 Å². The van der Waals surface area contributed by atoms with E-state index >= 15 is 0 Å². The van der Waals surface area contributed by atoms with Crippen LogP contribution < -0.4 is 5.32 Å². The lowest BCUT2D eigenvalue weighted by atomic mass is 9.71. The minimum Gasteiger partial charge on any atom is -0.392 e. The van der Waals surface area contributed by atoms with E-state index < -0.39 is 6.10 Å². The van der Waals surface area contributed by atoms with Gasteiger partial charge in [-0.3, -0.25) is 14.9 Å². The highest BCUT2D eigenvalue weighted by Crippen LogP contribution is 2.35. The molecule has 6 heteroatoms. The molecule has 0 radical (unpaired) electrons. The van der Waals surface area contributed by atoms with Crippen molar-refractivity contribution in [3.8, 4) is 0 Å². The lowest BCUT2D eigenvalue weighted by Crippen LogP contribution is -2.43. The molecule has 6 nitrogen and oxygen atoms in total. The second-order valence-electron chi connectivity index (χ2n) is 7.50. The quantitative estimate of drug-likeness (QED) is 0.605. The third-order valence-electron chi connectivity index (χ3n) is 4.88. The number of hydrogen-bond donors (Lipinski definition) is 2. The number of amides is 2. The van der Waals surface area contributed by atoms with Crippen molar-refractivity contribution < 1.29 is 14.7 Å². The predicted molar refractivity (Wildman–Crippen MR) is 88.7 cm³/mol. The van der Waals surface area contributed by atoms with Crippen LogP contribution in [0.5, 0.6) is 0 Å². The summed E-state index contributed by atoms with van der Waals surface area (Å²) in [6.07, 6.45) is 2.56. The zero-order chi connectivity index (χ0) is 17.1. The summed E-state index contributed by atoms with van der Waals surface area (Å²) >= 11 is 0. The van der Waals surface area contributed by atoms with Crippen molar-refractivity contribution in [1.29, 1.82) is 0 Å². The summed E-state index contributed by atoms with van der Waals surface area (Å²) in [5, 5.41) is 19.5. The summed E-state index contributed by atoms with van der Waals surface area (Å²) in [6.45, 7) is 4.37. The van der Waals surface area contributed by atoms with E-state index in [9.17, 15) is 14.7 Å². The molecule has 1 saturated carbocycles. The van der Waals surface area contributed by atoms with Gasteiger partial charge < -0.3 is 10.1 Å². The number of carbonyl (C=O) groups is 2. The molecule has 2 fully saturated rings. The molecule has 2 aliphatic rings. The molecule has 23 heavy (non-hydrogen) atoms. The van der Waals surface area contributed by atoms with Crippen molar-refractivity contribution in [3.05, 3.63) is 0 Å². The summed E-state index contributed by atoms with van der Waals surface area (Å²) in [6, 6.07) is 0. The maximum absolute atomic E-state index is 11.5. The molecule has 4 unspecified atom stereocenters. The highest BCUT2D eigenvalue weighted by molar-refractivity contribution is 5.97. The Kier molecular flexibility index (Phi) is 5.79. The third kappa shape index (κ3) is 4.77. The van der Waals surface area contributed by atoms with Crippen molar-refractivity contribution in [2.45, 2.75) is 52.1 Å². The Balaban J connectivity index is 2.09. The first-order valence-corrected chi connectivity index (χ1v) is 8.52. The van der Waals surface area contributed by atoms with Crippen LogP contribution in [0.25, 0.3) is 0 Å². The zero-order valence-electron chi connectivity index (χ0n) is 14.6. The molecule has 2 amide bonds. The molecule has 0 spiro atoms. The molecule has 1 heterocycles. The van der Waals surface area contributed by atoms with Crippen molar-refractivity contribution in [1.82, 2.24) is 10.3 Å². The van der Waals surface area contributed by atoms with Crippen LogP contribution in [0.4, 0.5) is 0 Å². The number of nitrogens with one attached hydrogen (secondary N) is 1. The first kappa shape index (κ1) is 17.9. The number of piperidine rings is 1. The van der Waals surface area contributed by atoms with Gasteiger partial charge in [0.15, 0.2) is 0 Å². The number of imide groups is 1. The van der Waals surface area contributed by atoms with Gasteiger partial charge in [-0.05, 0) is 37.0 Å².